The lowest BCUT2D eigenvalue weighted by Crippen LogP contribution is -2.42. The van der Waals surface area contributed by atoms with Crippen LogP contribution in [-0.4, -0.2) is 51.6 Å². The Morgan fingerprint density at radius 1 is 1.54 bits per heavy atom. The lowest BCUT2D eigenvalue weighted by Gasteiger charge is -2.29. The average Bonchev–Trinajstić information content (AvgIpc) is 2.93. The fraction of sp³-hybridized carbons (Fsp3) is 0.438. The zero-order valence-corrected chi connectivity index (χ0v) is 14.9. The number of carbonyl (C=O) groups is 1. The first-order valence-corrected chi connectivity index (χ1v) is 9.00. The number of hydrogen-bond acceptors (Lipinski definition) is 6. The van der Waals surface area contributed by atoms with Crippen molar-refractivity contribution in [3.63, 3.8) is 0 Å². The number of amides is 1. The molecule has 8 heteroatoms. The fourth-order valence-electron chi connectivity index (χ4n) is 2.82. The number of carbonyl (C=O) groups excluding carboxylic acids is 1. The molecule has 0 spiro atoms. The van der Waals surface area contributed by atoms with E-state index in [1.165, 1.54) is 28.4 Å². The molecule has 128 valence electrons. The lowest BCUT2D eigenvalue weighted by molar-refractivity contribution is 0.0840. The molecule has 1 aliphatic rings. The maximum absolute atomic E-state index is 12.0. The van der Waals surface area contributed by atoms with Crippen LogP contribution in [0.2, 0.25) is 5.15 Å². The van der Waals surface area contributed by atoms with Crippen LogP contribution in [0.3, 0.4) is 0 Å². The van der Waals surface area contributed by atoms with Crippen LogP contribution in [-0.2, 0) is 13.0 Å². The highest BCUT2D eigenvalue weighted by atomic mass is 35.5. The molecule has 2 N–H and O–H groups in total. The predicted molar refractivity (Wildman–Crippen MR) is 93.4 cm³/mol. The average molecular weight is 367 g/mol. The number of rotatable bonds is 5. The number of aliphatic hydroxyl groups excluding tert-OH is 1. The molecule has 0 radical (unpaired) electrons. The van der Waals surface area contributed by atoms with Gasteiger partial charge >= 0.3 is 0 Å². The number of nitrogens with zero attached hydrogens (tertiary/aromatic N) is 3. The normalized spacial score (nSPS) is 15.8. The van der Waals surface area contributed by atoms with Gasteiger partial charge in [-0.3, -0.25) is 9.69 Å². The molecule has 0 bridgehead atoms. The number of aromatic nitrogens is 2. The van der Waals surface area contributed by atoms with Gasteiger partial charge in [0.2, 0.25) is 0 Å². The zero-order chi connectivity index (χ0) is 17.1. The van der Waals surface area contributed by atoms with E-state index in [-0.39, 0.29) is 23.3 Å². The Morgan fingerprint density at radius 3 is 3.17 bits per heavy atom. The summed E-state index contributed by atoms with van der Waals surface area (Å²) in [5, 5.41) is 15.3. The van der Waals surface area contributed by atoms with Crippen molar-refractivity contribution in [1.29, 1.82) is 0 Å². The molecule has 3 rings (SSSR count). The van der Waals surface area contributed by atoms with Crippen molar-refractivity contribution in [3.8, 4) is 0 Å². The Balaban J connectivity index is 1.48. The topological polar surface area (TPSA) is 78.4 Å². The molecule has 1 aliphatic heterocycles. The second kappa shape index (κ2) is 7.57. The number of hydrogen-bond donors (Lipinski definition) is 2. The van der Waals surface area contributed by atoms with Crippen LogP contribution in [0.15, 0.2) is 17.8 Å². The first-order chi connectivity index (χ1) is 11.5. The second-order valence-electron chi connectivity index (χ2n) is 5.90. The zero-order valence-electron chi connectivity index (χ0n) is 13.3. The highest BCUT2D eigenvalue weighted by Gasteiger charge is 2.21. The molecule has 1 amide bonds. The van der Waals surface area contributed by atoms with Gasteiger partial charge in [-0.25, -0.2) is 9.97 Å². The van der Waals surface area contributed by atoms with Gasteiger partial charge in [0.1, 0.15) is 17.2 Å². The van der Waals surface area contributed by atoms with Crippen LogP contribution >= 0.6 is 22.9 Å². The summed E-state index contributed by atoms with van der Waals surface area (Å²) in [4.78, 5) is 23.2. The summed E-state index contributed by atoms with van der Waals surface area (Å²) >= 11 is 7.52. The number of aryl methyl sites for hydroxylation is 1. The molecule has 0 saturated carbocycles. The van der Waals surface area contributed by atoms with Gasteiger partial charge in [0, 0.05) is 37.1 Å². The summed E-state index contributed by atoms with van der Waals surface area (Å²) < 4.78 is 0. The molecule has 1 atom stereocenters. The summed E-state index contributed by atoms with van der Waals surface area (Å²) in [6.45, 7) is 4.64. The van der Waals surface area contributed by atoms with E-state index in [2.05, 4.69) is 32.5 Å². The Labute approximate surface area is 149 Å². The molecule has 0 fully saturated rings. The maximum atomic E-state index is 12.0. The third-order valence-corrected chi connectivity index (χ3v) is 5.41. The van der Waals surface area contributed by atoms with Gasteiger partial charge in [0.15, 0.2) is 0 Å². The molecule has 1 unspecified atom stereocenters. The standard InChI is InChI=1S/C16H19ClN4O2S/c1-10-8-24-14-7-21(3-2-12(10)14)6-11(22)5-18-16(23)13-4-15(17)20-9-19-13/h4,8-9,11,22H,2-3,5-7H2,1H3,(H,18,23). The van der Waals surface area contributed by atoms with Gasteiger partial charge in [-0.15, -0.1) is 11.3 Å². The molecule has 0 saturated heterocycles. The second-order valence-corrected chi connectivity index (χ2v) is 7.25. The Morgan fingerprint density at radius 2 is 2.38 bits per heavy atom. The van der Waals surface area contributed by atoms with Crippen molar-refractivity contribution in [1.82, 2.24) is 20.2 Å². The number of nitrogens with one attached hydrogen (secondary N) is 1. The smallest absolute Gasteiger partial charge is 0.270 e. The van der Waals surface area contributed by atoms with E-state index in [1.54, 1.807) is 11.3 Å². The lowest BCUT2D eigenvalue weighted by atomic mass is 10.0. The van der Waals surface area contributed by atoms with E-state index in [9.17, 15) is 9.90 Å². The van der Waals surface area contributed by atoms with Gasteiger partial charge in [-0.05, 0) is 29.9 Å². The molecule has 24 heavy (non-hydrogen) atoms. The first kappa shape index (κ1) is 17.3. The van der Waals surface area contributed by atoms with E-state index < -0.39 is 6.10 Å². The summed E-state index contributed by atoms with van der Waals surface area (Å²) in [6, 6.07) is 1.40. The van der Waals surface area contributed by atoms with Crippen LogP contribution in [0.1, 0.15) is 26.5 Å². The number of β-amino-alcohol motifs (C(OH)–C–C–N with tert-alkyl or cyclic N) is 1. The van der Waals surface area contributed by atoms with Crippen molar-refractivity contribution >= 4 is 28.8 Å². The van der Waals surface area contributed by atoms with Crippen molar-refractivity contribution in [2.24, 2.45) is 0 Å². The van der Waals surface area contributed by atoms with E-state index in [0.717, 1.165) is 19.5 Å². The SMILES string of the molecule is Cc1csc2c1CCN(CC(O)CNC(=O)c1cc(Cl)ncn1)C2. The fourth-order valence-corrected chi connectivity index (χ4v) is 4.09. The molecule has 0 aromatic carbocycles. The summed E-state index contributed by atoms with van der Waals surface area (Å²) in [6.07, 6.45) is 1.62. The summed E-state index contributed by atoms with van der Waals surface area (Å²) in [5.41, 5.74) is 3.02. The molecule has 6 nitrogen and oxygen atoms in total. The third kappa shape index (κ3) is 4.10. The minimum atomic E-state index is -0.631. The third-order valence-electron chi connectivity index (χ3n) is 4.07. The van der Waals surface area contributed by atoms with Gasteiger partial charge < -0.3 is 10.4 Å². The maximum Gasteiger partial charge on any atom is 0.270 e. The minimum Gasteiger partial charge on any atom is -0.390 e. The molecular weight excluding hydrogens is 348 g/mol. The predicted octanol–water partition coefficient (Wildman–Crippen LogP) is 1.65. The Bertz CT molecular complexity index is 737. The van der Waals surface area contributed by atoms with Gasteiger partial charge in [0.25, 0.3) is 5.91 Å². The molecule has 3 heterocycles. The van der Waals surface area contributed by atoms with Gasteiger partial charge in [0.05, 0.1) is 6.10 Å². The number of thiophene rings is 1. The van der Waals surface area contributed by atoms with E-state index >= 15 is 0 Å². The van der Waals surface area contributed by atoms with E-state index in [4.69, 9.17) is 11.6 Å². The van der Waals surface area contributed by atoms with Gasteiger partial charge in [-0.1, -0.05) is 11.6 Å². The highest BCUT2D eigenvalue weighted by Crippen LogP contribution is 2.27. The number of halogens is 1. The Hall–Kier alpha value is -1.54. The monoisotopic (exact) mass is 366 g/mol. The van der Waals surface area contributed by atoms with Gasteiger partial charge in [-0.2, -0.15) is 0 Å². The summed E-state index contributed by atoms with van der Waals surface area (Å²) in [7, 11) is 0. The van der Waals surface area contributed by atoms with Crippen molar-refractivity contribution in [2.75, 3.05) is 19.6 Å². The van der Waals surface area contributed by atoms with Crippen molar-refractivity contribution in [3.05, 3.63) is 44.6 Å². The number of aliphatic hydroxyl groups is 1. The van der Waals surface area contributed by atoms with Crippen molar-refractivity contribution in [2.45, 2.75) is 26.0 Å². The largest absolute Gasteiger partial charge is 0.390 e. The van der Waals surface area contributed by atoms with Crippen LogP contribution in [0.4, 0.5) is 0 Å². The molecule has 0 aliphatic carbocycles. The highest BCUT2D eigenvalue weighted by molar-refractivity contribution is 7.10. The summed E-state index contributed by atoms with van der Waals surface area (Å²) in [5.74, 6) is -0.367. The van der Waals surface area contributed by atoms with E-state index in [0.29, 0.717) is 6.54 Å². The Kier molecular flexibility index (Phi) is 5.45. The van der Waals surface area contributed by atoms with Crippen LogP contribution in [0, 0.1) is 6.92 Å². The minimum absolute atomic E-state index is 0.174. The first-order valence-electron chi connectivity index (χ1n) is 7.75. The van der Waals surface area contributed by atoms with Crippen LogP contribution < -0.4 is 5.32 Å². The van der Waals surface area contributed by atoms with Crippen LogP contribution in [0.5, 0.6) is 0 Å². The van der Waals surface area contributed by atoms with Crippen LogP contribution in [0.25, 0.3) is 0 Å². The van der Waals surface area contributed by atoms with Crippen molar-refractivity contribution < 1.29 is 9.90 Å². The quantitative estimate of drug-likeness (QED) is 0.787. The van der Waals surface area contributed by atoms with E-state index in [1.807, 2.05) is 0 Å². The molecule has 2 aromatic heterocycles. The molecular formula is C16H19ClN4O2S. The number of fused-ring (bicyclic) bond motifs is 1. The molecule has 2 aromatic rings.